The maximum atomic E-state index is 14.1. The summed E-state index contributed by atoms with van der Waals surface area (Å²) in [7, 11) is 0. The van der Waals surface area contributed by atoms with Crippen LogP contribution >= 0.6 is 15.9 Å². The molecule has 1 amide bonds. The molecule has 1 N–H and O–H groups in total. The largest absolute Gasteiger partial charge is 0.360 e. The van der Waals surface area contributed by atoms with E-state index in [9.17, 15) is 19.3 Å². The highest BCUT2D eigenvalue weighted by molar-refractivity contribution is 9.10. The smallest absolute Gasteiger partial charge is 0.270 e. The second kappa shape index (κ2) is 7.71. The molecule has 0 bridgehead atoms. The number of hydrogen-bond acceptors (Lipinski definition) is 3. The predicted molar refractivity (Wildman–Crippen MR) is 104 cm³/mol. The molecule has 1 aromatic heterocycles. The van der Waals surface area contributed by atoms with E-state index < -0.39 is 10.7 Å². The number of nitro benzene ring substituents is 1. The molecule has 1 heterocycles. The van der Waals surface area contributed by atoms with Gasteiger partial charge < -0.3 is 9.88 Å². The van der Waals surface area contributed by atoms with E-state index >= 15 is 0 Å². The van der Waals surface area contributed by atoms with Gasteiger partial charge in [-0.1, -0.05) is 22.0 Å². The van der Waals surface area contributed by atoms with Crippen molar-refractivity contribution in [1.82, 2.24) is 9.88 Å². The van der Waals surface area contributed by atoms with Crippen LogP contribution in [0.3, 0.4) is 0 Å². The summed E-state index contributed by atoms with van der Waals surface area (Å²) < 4.78 is 14.8. The minimum absolute atomic E-state index is 0.0394. The van der Waals surface area contributed by atoms with Gasteiger partial charge in [-0.15, -0.1) is 6.58 Å². The van der Waals surface area contributed by atoms with Crippen LogP contribution in [0.5, 0.6) is 0 Å². The van der Waals surface area contributed by atoms with E-state index in [0.717, 1.165) is 0 Å². The fraction of sp³-hybridized carbons (Fsp3) is 0.105. The number of nitrogens with one attached hydrogen (secondary N) is 1. The molecule has 0 aliphatic carbocycles. The highest BCUT2D eigenvalue weighted by atomic mass is 79.9. The number of H-pyrrole nitrogens is 1. The van der Waals surface area contributed by atoms with Crippen LogP contribution in [0.2, 0.25) is 0 Å². The number of non-ortho nitro benzene ring substituents is 1. The molecule has 3 aromatic rings. The third kappa shape index (κ3) is 3.90. The first-order valence-electron chi connectivity index (χ1n) is 8.00. The lowest BCUT2D eigenvalue weighted by Gasteiger charge is -2.21. The van der Waals surface area contributed by atoms with Crippen molar-refractivity contribution in [3.05, 3.63) is 86.8 Å². The van der Waals surface area contributed by atoms with Gasteiger partial charge in [-0.25, -0.2) is 4.39 Å². The SMILES string of the molecule is C=CCN(Cc1cc(Br)ccc1F)C(=O)c1c[nH]c2ccc([N+](=O)[O-])cc12. The van der Waals surface area contributed by atoms with E-state index in [1.54, 1.807) is 24.3 Å². The Morgan fingerprint density at radius 2 is 2.11 bits per heavy atom. The van der Waals surface area contributed by atoms with Crippen LogP contribution < -0.4 is 0 Å². The zero-order valence-electron chi connectivity index (χ0n) is 14.1. The van der Waals surface area contributed by atoms with E-state index in [1.807, 2.05) is 0 Å². The molecule has 27 heavy (non-hydrogen) atoms. The van der Waals surface area contributed by atoms with Crippen LogP contribution in [-0.4, -0.2) is 27.3 Å². The van der Waals surface area contributed by atoms with Crippen LogP contribution in [0, 0.1) is 15.9 Å². The second-order valence-corrected chi connectivity index (χ2v) is 6.82. The molecular formula is C19H15BrFN3O3. The second-order valence-electron chi connectivity index (χ2n) is 5.90. The molecule has 3 rings (SSSR count). The number of nitrogens with zero attached hydrogens (tertiary/aromatic N) is 2. The van der Waals surface area contributed by atoms with Gasteiger partial charge in [-0.3, -0.25) is 14.9 Å². The van der Waals surface area contributed by atoms with Crippen molar-refractivity contribution >= 4 is 38.4 Å². The average molecular weight is 432 g/mol. The number of fused-ring (bicyclic) bond motifs is 1. The Kier molecular flexibility index (Phi) is 5.36. The van der Waals surface area contributed by atoms with Gasteiger partial charge in [0, 0.05) is 52.4 Å². The average Bonchev–Trinajstić information content (AvgIpc) is 3.06. The van der Waals surface area contributed by atoms with Crippen molar-refractivity contribution in [1.29, 1.82) is 0 Å². The molecule has 8 heteroatoms. The van der Waals surface area contributed by atoms with Crippen molar-refractivity contribution in [2.75, 3.05) is 6.54 Å². The summed E-state index contributed by atoms with van der Waals surface area (Å²) in [5.74, 6) is -0.796. The number of carbonyl (C=O) groups is 1. The normalized spacial score (nSPS) is 10.7. The first-order chi connectivity index (χ1) is 12.9. The van der Waals surface area contributed by atoms with Gasteiger partial charge >= 0.3 is 0 Å². The van der Waals surface area contributed by atoms with Gasteiger partial charge in [0.1, 0.15) is 5.82 Å². The van der Waals surface area contributed by atoms with Crippen LogP contribution in [0.4, 0.5) is 10.1 Å². The Hall–Kier alpha value is -3.00. The van der Waals surface area contributed by atoms with Gasteiger partial charge in [-0.05, 0) is 24.3 Å². The van der Waals surface area contributed by atoms with Gasteiger partial charge in [0.2, 0.25) is 0 Å². The van der Waals surface area contributed by atoms with Crippen molar-refractivity contribution in [3.63, 3.8) is 0 Å². The third-order valence-electron chi connectivity index (χ3n) is 4.11. The summed E-state index contributed by atoms with van der Waals surface area (Å²) in [4.78, 5) is 27.9. The van der Waals surface area contributed by atoms with Crippen molar-refractivity contribution < 1.29 is 14.1 Å². The number of hydrogen-bond donors (Lipinski definition) is 1. The van der Waals surface area contributed by atoms with E-state index in [2.05, 4.69) is 27.5 Å². The molecule has 0 fully saturated rings. The number of halogens is 2. The highest BCUT2D eigenvalue weighted by Gasteiger charge is 2.21. The van der Waals surface area contributed by atoms with Crippen LogP contribution in [0.25, 0.3) is 10.9 Å². The molecule has 2 aromatic carbocycles. The monoisotopic (exact) mass is 431 g/mol. The minimum atomic E-state index is -0.515. The van der Waals surface area contributed by atoms with E-state index in [1.165, 1.54) is 29.3 Å². The molecule has 0 unspecified atom stereocenters. The number of nitro groups is 1. The lowest BCUT2D eigenvalue weighted by atomic mass is 10.1. The lowest BCUT2D eigenvalue weighted by molar-refractivity contribution is -0.384. The van der Waals surface area contributed by atoms with Crippen LogP contribution in [-0.2, 0) is 6.54 Å². The molecule has 0 atom stereocenters. The highest BCUT2D eigenvalue weighted by Crippen LogP contribution is 2.26. The summed E-state index contributed by atoms with van der Waals surface area (Å²) in [5.41, 5.74) is 1.14. The quantitative estimate of drug-likeness (QED) is 0.345. The molecular weight excluding hydrogens is 417 g/mol. The maximum absolute atomic E-state index is 14.1. The van der Waals surface area contributed by atoms with Gasteiger partial charge in [0.25, 0.3) is 11.6 Å². The summed E-state index contributed by atoms with van der Waals surface area (Å²) in [6.07, 6.45) is 3.05. The van der Waals surface area contributed by atoms with E-state index in [-0.39, 0.29) is 30.2 Å². The first kappa shape index (κ1) is 18.8. The standard InChI is InChI=1S/C19H15BrFN3O3/c1-2-7-23(11-12-8-13(20)3-5-17(12)21)19(25)16-10-22-18-6-4-14(24(26)27)9-15(16)18/h2-6,8-10,22H,1,7,11H2. The minimum Gasteiger partial charge on any atom is -0.360 e. The molecule has 0 radical (unpaired) electrons. The maximum Gasteiger partial charge on any atom is 0.270 e. The van der Waals surface area contributed by atoms with Crippen molar-refractivity contribution in [2.45, 2.75) is 6.54 Å². The van der Waals surface area contributed by atoms with Gasteiger partial charge in [0.15, 0.2) is 0 Å². The number of rotatable bonds is 6. The summed E-state index contributed by atoms with van der Waals surface area (Å²) in [6, 6.07) is 8.79. The van der Waals surface area contributed by atoms with Gasteiger partial charge in [0.05, 0.1) is 10.5 Å². The summed E-state index contributed by atoms with van der Waals surface area (Å²) >= 11 is 3.30. The zero-order valence-corrected chi connectivity index (χ0v) is 15.7. The Balaban J connectivity index is 1.98. The molecule has 0 spiro atoms. The molecule has 6 nitrogen and oxygen atoms in total. The molecule has 0 aliphatic rings. The third-order valence-corrected chi connectivity index (χ3v) is 4.61. The first-order valence-corrected chi connectivity index (χ1v) is 8.79. The molecule has 0 saturated carbocycles. The van der Waals surface area contributed by atoms with Crippen molar-refractivity contribution in [3.8, 4) is 0 Å². The fourth-order valence-electron chi connectivity index (χ4n) is 2.81. The molecule has 138 valence electrons. The van der Waals surface area contributed by atoms with Crippen molar-refractivity contribution in [2.24, 2.45) is 0 Å². The predicted octanol–water partition coefficient (Wildman–Crippen LogP) is 4.81. The van der Waals surface area contributed by atoms with Gasteiger partial charge in [-0.2, -0.15) is 0 Å². The topological polar surface area (TPSA) is 79.2 Å². The fourth-order valence-corrected chi connectivity index (χ4v) is 3.22. The van der Waals surface area contributed by atoms with E-state index in [0.29, 0.717) is 20.9 Å². The zero-order chi connectivity index (χ0) is 19.6. The number of benzene rings is 2. The summed E-state index contributed by atoms with van der Waals surface area (Å²) in [5, 5.41) is 11.5. The summed E-state index contributed by atoms with van der Waals surface area (Å²) in [6.45, 7) is 3.89. The Labute approximate surface area is 162 Å². The lowest BCUT2D eigenvalue weighted by Crippen LogP contribution is -2.31. The Bertz CT molecular complexity index is 1050. The van der Waals surface area contributed by atoms with Crippen LogP contribution in [0.15, 0.2) is 59.7 Å². The number of carbonyl (C=O) groups excluding carboxylic acids is 1. The Morgan fingerprint density at radius 1 is 1.33 bits per heavy atom. The number of aromatic nitrogens is 1. The van der Waals surface area contributed by atoms with E-state index in [4.69, 9.17) is 0 Å². The number of amides is 1. The van der Waals surface area contributed by atoms with Crippen LogP contribution in [0.1, 0.15) is 15.9 Å². The molecule has 0 aliphatic heterocycles. The Morgan fingerprint density at radius 3 is 2.81 bits per heavy atom. The number of aromatic amines is 1. The molecule has 0 saturated heterocycles.